The average Bonchev–Trinajstić information content (AvgIpc) is 2.72. The zero-order valence-corrected chi connectivity index (χ0v) is 19.0. The molecule has 3 aliphatic rings. The highest BCUT2D eigenvalue weighted by atomic mass is 16.5. The normalized spacial score (nSPS) is 36.2. The van der Waals surface area contributed by atoms with E-state index in [1.165, 1.54) is 0 Å². The molecule has 2 aliphatic heterocycles. The van der Waals surface area contributed by atoms with Gasteiger partial charge in [-0.05, 0) is 70.4 Å². The Balaban J connectivity index is 1.51. The Kier molecular flexibility index (Phi) is 6.05. The van der Waals surface area contributed by atoms with Crippen LogP contribution in [0.1, 0.15) is 63.9 Å². The minimum absolute atomic E-state index is 0.00541. The maximum atomic E-state index is 12.3. The first-order valence-electron chi connectivity index (χ1n) is 11.5. The van der Waals surface area contributed by atoms with Crippen molar-refractivity contribution in [2.24, 2.45) is 17.8 Å². The van der Waals surface area contributed by atoms with Crippen molar-refractivity contribution in [1.82, 2.24) is 26.1 Å². The maximum absolute atomic E-state index is 12.3. The van der Waals surface area contributed by atoms with E-state index in [1.807, 2.05) is 0 Å². The van der Waals surface area contributed by atoms with Crippen LogP contribution in [0.3, 0.4) is 0 Å². The number of carbonyl (C=O) groups is 2. The molecule has 0 radical (unpaired) electrons. The maximum Gasteiger partial charge on any atom is 0.271 e. The highest BCUT2D eigenvalue weighted by Gasteiger charge is 2.60. The first-order chi connectivity index (χ1) is 14.7. The first-order valence-corrected chi connectivity index (χ1v) is 11.5. The molecule has 4 rings (SSSR count). The van der Waals surface area contributed by atoms with Crippen LogP contribution in [-0.2, 0) is 9.53 Å². The summed E-state index contributed by atoms with van der Waals surface area (Å²) in [5.41, 5.74) is 0.109. The molecule has 3 N–H and O–H groups in total. The molecule has 2 unspecified atom stereocenters. The number of rotatable bonds is 5. The Labute approximate surface area is 184 Å². The number of hydrogen-bond acceptors (Lipinski definition) is 6. The number of fused-ring (bicyclic) bond motifs is 4. The predicted molar refractivity (Wildman–Crippen MR) is 116 cm³/mol. The average molecular weight is 430 g/mol. The van der Waals surface area contributed by atoms with Crippen molar-refractivity contribution >= 4 is 11.8 Å². The molecule has 1 aromatic heterocycles. The lowest BCUT2D eigenvalue weighted by molar-refractivity contribution is -0.159. The Morgan fingerprint density at radius 2 is 2.06 bits per heavy atom. The summed E-state index contributed by atoms with van der Waals surface area (Å²) in [6.07, 6.45) is 5.21. The summed E-state index contributed by atoms with van der Waals surface area (Å²) < 4.78 is 6.26. The first kappa shape index (κ1) is 22.1. The van der Waals surface area contributed by atoms with E-state index in [9.17, 15) is 9.59 Å². The molecule has 1 aliphatic carbocycles. The smallest absolute Gasteiger partial charge is 0.271 e. The van der Waals surface area contributed by atoms with E-state index in [4.69, 9.17) is 4.74 Å². The largest absolute Gasteiger partial charge is 0.378 e. The fraction of sp³-hybridized carbons (Fsp3) is 0.739. The van der Waals surface area contributed by atoms with E-state index in [1.54, 1.807) is 25.3 Å². The molecular formula is C23H35N5O3. The topological polar surface area (TPSA) is 105 Å². The van der Waals surface area contributed by atoms with Crippen molar-refractivity contribution in [3.05, 3.63) is 24.0 Å². The third kappa shape index (κ3) is 4.20. The van der Waals surface area contributed by atoms with Gasteiger partial charge >= 0.3 is 0 Å². The van der Waals surface area contributed by atoms with Crippen LogP contribution in [0.4, 0.5) is 0 Å². The van der Waals surface area contributed by atoms with Gasteiger partial charge in [0.25, 0.3) is 5.91 Å². The molecule has 170 valence electrons. The number of aromatic nitrogens is 2. The summed E-state index contributed by atoms with van der Waals surface area (Å²) >= 11 is 0. The second kappa shape index (κ2) is 8.47. The Hall–Kier alpha value is -2.06. The predicted octanol–water partition coefficient (Wildman–Crippen LogP) is 1.67. The zero-order valence-electron chi connectivity index (χ0n) is 19.0. The van der Waals surface area contributed by atoms with Gasteiger partial charge in [-0.15, -0.1) is 5.10 Å². The van der Waals surface area contributed by atoms with E-state index in [0.29, 0.717) is 43.1 Å². The van der Waals surface area contributed by atoms with Crippen molar-refractivity contribution in [3.63, 3.8) is 0 Å². The SMILES string of the molecule is CC(=O)N[C@]12CCO[C@@H](CCNC(=O)c3cccnn3)[C@@H]1CC1CC2[C@@H](C)NC1(C)C. The quantitative estimate of drug-likeness (QED) is 0.658. The molecule has 31 heavy (non-hydrogen) atoms. The standard InChI is InChI=1S/C23H35N5O3/c1-14-17-12-16(22(3,4)26-14)13-18-20(31-11-8-23(17,18)27-15(2)29)7-10-24-21(30)19-6-5-9-25-28-19/h5-6,9,14,16-18,20,26H,7-8,10-13H2,1-4H3,(H,24,30)(H,27,29)/t14-,16?,17?,18+,20+,23+/m1/s1. The molecule has 2 saturated heterocycles. The van der Waals surface area contributed by atoms with Gasteiger partial charge in [-0.25, -0.2) is 0 Å². The van der Waals surface area contributed by atoms with Gasteiger partial charge in [0.05, 0.1) is 11.6 Å². The third-order valence-electron chi connectivity index (χ3n) is 7.85. The van der Waals surface area contributed by atoms with Gasteiger partial charge < -0.3 is 20.7 Å². The number of hydrogen-bond donors (Lipinski definition) is 3. The fourth-order valence-electron chi connectivity index (χ4n) is 6.50. The number of piperidine rings is 1. The Bertz CT molecular complexity index is 817. The summed E-state index contributed by atoms with van der Waals surface area (Å²) in [7, 11) is 0. The molecule has 3 heterocycles. The molecule has 8 nitrogen and oxygen atoms in total. The van der Waals surface area contributed by atoms with Crippen LogP contribution in [0, 0.1) is 17.8 Å². The Morgan fingerprint density at radius 3 is 2.77 bits per heavy atom. The van der Waals surface area contributed by atoms with E-state index < -0.39 is 0 Å². The van der Waals surface area contributed by atoms with Crippen molar-refractivity contribution < 1.29 is 14.3 Å². The second-order valence-corrected chi connectivity index (χ2v) is 10.1. The van der Waals surface area contributed by atoms with E-state index in [2.05, 4.69) is 46.9 Å². The highest BCUT2D eigenvalue weighted by Crippen LogP contribution is 2.54. The van der Waals surface area contributed by atoms with Crippen molar-refractivity contribution in [1.29, 1.82) is 0 Å². The molecule has 3 fully saturated rings. The summed E-state index contributed by atoms with van der Waals surface area (Å²) in [6.45, 7) is 9.57. The van der Waals surface area contributed by atoms with Gasteiger partial charge in [0, 0.05) is 43.8 Å². The van der Waals surface area contributed by atoms with Crippen molar-refractivity contribution in [3.8, 4) is 0 Å². The van der Waals surface area contributed by atoms with Crippen LogP contribution in [-0.4, -0.2) is 58.4 Å². The molecule has 6 atom stereocenters. The van der Waals surface area contributed by atoms with Gasteiger partial charge in [0.15, 0.2) is 5.69 Å². The second-order valence-electron chi connectivity index (χ2n) is 10.1. The molecule has 0 spiro atoms. The van der Waals surface area contributed by atoms with Crippen LogP contribution in [0.2, 0.25) is 0 Å². The lowest BCUT2D eigenvalue weighted by atomic mass is 9.52. The summed E-state index contributed by atoms with van der Waals surface area (Å²) in [5.74, 6) is 0.924. The van der Waals surface area contributed by atoms with Gasteiger partial charge in [0.1, 0.15) is 0 Å². The highest BCUT2D eigenvalue weighted by molar-refractivity contribution is 5.91. The number of nitrogens with zero attached hydrogens (tertiary/aromatic N) is 2. The monoisotopic (exact) mass is 429 g/mol. The Morgan fingerprint density at radius 1 is 1.29 bits per heavy atom. The summed E-state index contributed by atoms with van der Waals surface area (Å²) in [5, 5.41) is 17.8. The van der Waals surface area contributed by atoms with Crippen molar-refractivity contribution in [2.75, 3.05) is 13.2 Å². The number of amides is 2. The third-order valence-corrected chi connectivity index (χ3v) is 7.85. The van der Waals surface area contributed by atoms with Crippen LogP contribution < -0.4 is 16.0 Å². The number of nitrogens with one attached hydrogen (secondary N) is 3. The van der Waals surface area contributed by atoms with E-state index in [-0.39, 0.29) is 34.9 Å². The van der Waals surface area contributed by atoms with Gasteiger partial charge in [-0.3, -0.25) is 9.59 Å². The molecule has 1 saturated carbocycles. The van der Waals surface area contributed by atoms with Crippen LogP contribution in [0.5, 0.6) is 0 Å². The van der Waals surface area contributed by atoms with Crippen LogP contribution >= 0.6 is 0 Å². The fourth-order valence-corrected chi connectivity index (χ4v) is 6.50. The van der Waals surface area contributed by atoms with E-state index >= 15 is 0 Å². The molecule has 1 aromatic rings. The molecule has 2 bridgehead atoms. The van der Waals surface area contributed by atoms with Crippen LogP contribution in [0.25, 0.3) is 0 Å². The molecule has 0 aromatic carbocycles. The minimum atomic E-state index is -0.261. The van der Waals surface area contributed by atoms with E-state index in [0.717, 1.165) is 19.3 Å². The molecule has 2 amide bonds. The van der Waals surface area contributed by atoms with Crippen LogP contribution in [0.15, 0.2) is 18.3 Å². The molecule has 8 heteroatoms. The minimum Gasteiger partial charge on any atom is -0.378 e. The lowest BCUT2D eigenvalue weighted by Crippen LogP contribution is -2.75. The number of carbonyl (C=O) groups excluding carboxylic acids is 2. The van der Waals surface area contributed by atoms with Crippen molar-refractivity contribution in [2.45, 2.75) is 76.6 Å². The van der Waals surface area contributed by atoms with Gasteiger partial charge in [0.2, 0.25) is 5.91 Å². The lowest BCUT2D eigenvalue weighted by Gasteiger charge is -2.63. The van der Waals surface area contributed by atoms with Gasteiger partial charge in [-0.1, -0.05) is 0 Å². The summed E-state index contributed by atoms with van der Waals surface area (Å²) in [6, 6.07) is 3.67. The zero-order chi connectivity index (χ0) is 22.2. The van der Waals surface area contributed by atoms with Gasteiger partial charge in [-0.2, -0.15) is 5.10 Å². The summed E-state index contributed by atoms with van der Waals surface area (Å²) in [4.78, 5) is 24.6. The number of ether oxygens (including phenoxy) is 1. The molecular weight excluding hydrogens is 394 g/mol.